The Morgan fingerprint density at radius 3 is 2.79 bits per heavy atom. The second-order valence-corrected chi connectivity index (χ2v) is 6.80. The van der Waals surface area contributed by atoms with E-state index >= 15 is 0 Å². The van der Waals surface area contributed by atoms with Gasteiger partial charge in [0.15, 0.2) is 0 Å². The number of halogens is 2. The summed E-state index contributed by atoms with van der Waals surface area (Å²) in [6.45, 7) is 3.39. The number of nitrogens with zero attached hydrogens (tertiary/aromatic N) is 2. The summed E-state index contributed by atoms with van der Waals surface area (Å²) in [5.41, 5.74) is 1.91. The maximum Gasteiger partial charge on any atom is 0.257 e. The molecule has 0 aliphatic carbocycles. The number of aromatic nitrogens is 3. The third-order valence-corrected chi connectivity index (χ3v) is 4.77. The summed E-state index contributed by atoms with van der Waals surface area (Å²) in [6.07, 6.45) is 0. The Hall–Kier alpha value is -3.19. The van der Waals surface area contributed by atoms with Gasteiger partial charge in [-0.25, -0.2) is 9.37 Å². The molecule has 8 heteroatoms. The molecular formula is C20H16ClFN4O2. The predicted octanol–water partition coefficient (Wildman–Crippen LogP) is 4.81. The number of rotatable bonds is 4. The second-order valence-electron chi connectivity index (χ2n) is 6.39. The molecule has 0 spiro atoms. The van der Waals surface area contributed by atoms with Crippen LogP contribution >= 0.6 is 11.6 Å². The van der Waals surface area contributed by atoms with Crippen molar-refractivity contribution in [2.45, 2.75) is 19.9 Å². The number of aromatic amines is 1. The summed E-state index contributed by atoms with van der Waals surface area (Å²) < 4.78 is 19.5. The fourth-order valence-electron chi connectivity index (χ4n) is 3.05. The monoisotopic (exact) mass is 398 g/mol. The van der Waals surface area contributed by atoms with Gasteiger partial charge in [-0.15, -0.1) is 0 Å². The maximum absolute atomic E-state index is 14.3. The third kappa shape index (κ3) is 3.14. The number of nitrogens with one attached hydrogen (secondary N) is 2. The van der Waals surface area contributed by atoms with Gasteiger partial charge in [0.1, 0.15) is 28.7 Å². The molecule has 0 bridgehead atoms. The topological polar surface area (TPSA) is 83.8 Å². The van der Waals surface area contributed by atoms with Crippen molar-refractivity contribution in [3.05, 3.63) is 70.5 Å². The zero-order valence-corrected chi connectivity index (χ0v) is 15.8. The summed E-state index contributed by atoms with van der Waals surface area (Å²) in [5, 5.41) is 6.86. The highest BCUT2D eigenvalue weighted by molar-refractivity contribution is 6.33. The number of carbonyl (C=O) groups excluding carboxylic acids is 1. The molecule has 0 saturated heterocycles. The molecular weight excluding hydrogens is 383 g/mol. The number of para-hydroxylation sites is 2. The van der Waals surface area contributed by atoms with Crippen LogP contribution in [0.3, 0.4) is 0 Å². The van der Waals surface area contributed by atoms with Gasteiger partial charge < -0.3 is 14.8 Å². The van der Waals surface area contributed by atoms with E-state index in [1.165, 1.54) is 18.2 Å². The van der Waals surface area contributed by atoms with Gasteiger partial charge in [0, 0.05) is 0 Å². The molecule has 0 aliphatic heterocycles. The van der Waals surface area contributed by atoms with Crippen molar-refractivity contribution < 1.29 is 13.7 Å². The highest BCUT2D eigenvalue weighted by atomic mass is 35.5. The Morgan fingerprint density at radius 2 is 2.04 bits per heavy atom. The van der Waals surface area contributed by atoms with Crippen LogP contribution in [0.4, 0.5) is 4.39 Å². The number of amides is 1. The van der Waals surface area contributed by atoms with Crippen molar-refractivity contribution in [2.75, 3.05) is 0 Å². The van der Waals surface area contributed by atoms with E-state index in [-0.39, 0.29) is 27.6 Å². The fraction of sp³-hybridized carbons (Fsp3) is 0.150. The first-order valence-corrected chi connectivity index (χ1v) is 8.99. The van der Waals surface area contributed by atoms with Gasteiger partial charge in [-0.2, -0.15) is 0 Å². The molecule has 0 radical (unpaired) electrons. The molecule has 6 nitrogen and oxygen atoms in total. The number of fused-ring (bicyclic) bond motifs is 1. The van der Waals surface area contributed by atoms with Crippen LogP contribution in [0.1, 0.15) is 34.9 Å². The van der Waals surface area contributed by atoms with Crippen LogP contribution in [0.25, 0.3) is 22.3 Å². The van der Waals surface area contributed by atoms with Crippen LogP contribution < -0.4 is 5.32 Å². The molecule has 1 unspecified atom stereocenters. The lowest BCUT2D eigenvalue weighted by Crippen LogP contribution is -2.28. The SMILES string of the molecule is Cc1onc(-c2c(F)cccc2Cl)c1C(=O)NC(C)c1nc2ccccc2[nH]1. The van der Waals surface area contributed by atoms with E-state index in [1.54, 1.807) is 13.8 Å². The van der Waals surface area contributed by atoms with Crippen molar-refractivity contribution in [3.8, 4) is 11.3 Å². The molecule has 2 heterocycles. The van der Waals surface area contributed by atoms with Crippen LogP contribution in [-0.2, 0) is 0 Å². The molecule has 2 aromatic heterocycles. The van der Waals surface area contributed by atoms with Crippen LogP contribution in [0, 0.1) is 12.7 Å². The Morgan fingerprint density at radius 1 is 1.25 bits per heavy atom. The molecule has 142 valence electrons. The van der Waals surface area contributed by atoms with E-state index in [1.807, 2.05) is 24.3 Å². The number of carbonyl (C=O) groups is 1. The molecule has 4 aromatic rings. The Kier molecular flexibility index (Phi) is 4.60. The molecule has 4 rings (SSSR count). The molecule has 28 heavy (non-hydrogen) atoms. The van der Waals surface area contributed by atoms with E-state index in [2.05, 4.69) is 20.4 Å². The zero-order valence-electron chi connectivity index (χ0n) is 15.1. The smallest absolute Gasteiger partial charge is 0.257 e. The van der Waals surface area contributed by atoms with Crippen LogP contribution in [-0.4, -0.2) is 21.0 Å². The van der Waals surface area contributed by atoms with Crippen LogP contribution in [0.5, 0.6) is 0 Å². The van der Waals surface area contributed by atoms with Crippen molar-refractivity contribution in [1.29, 1.82) is 0 Å². The highest BCUT2D eigenvalue weighted by Crippen LogP contribution is 2.33. The minimum atomic E-state index is -0.583. The molecule has 0 saturated carbocycles. The van der Waals surface area contributed by atoms with E-state index < -0.39 is 17.8 Å². The van der Waals surface area contributed by atoms with Crippen molar-refractivity contribution in [3.63, 3.8) is 0 Å². The van der Waals surface area contributed by atoms with Gasteiger partial charge >= 0.3 is 0 Å². The lowest BCUT2D eigenvalue weighted by atomic mass is 10.0. The van der Waals surface area contributed by atoms with E-state index in [9.17, 15) is 9.18 Å². The Bertz CT molecular complexity index is 1130. The second kappa shape index (κ2) is 7.09. The maximum atomic E-state index is 14.3. The number of hydrogen-bond donors (Lipinski definition) is 2. The molecule has 1 amide bonds. The number of hydrogen-bond acceptors (Lipinski definition) is 4. The summed E-state index contributed by atoms with van der Waals surface area (Å²) in [5.74, 6) is -0.168. The van der Waals surface area contributed by atoms with Gasteiger partial charge in [0.05, 0.1) is 27.7 Å². The van der Waals surface area contributed by atoms with E-state index in [4.69, 9.17) is 16.1 Å². The van der Waals surface area contributed by atoms with Crippen molar-refractivity contribution >= 4 is 28.5 Å². The standard InChI is InChI=1S/C20H16ClFN4O2/c1-10(19-24-14-8-3-4-9-15(14)25-19)23-20(27)16-11(2)28-26-18(16)17-12(21)6-5-7-13(17)22/h3-10H,1-2H3,(H,23,27)(H,24,25). The zero-order chi connectivity index (χ0) is 19.8. The average molecular weight is 399 g/mol. The first kappa shape index (κ1) is 18.2. The summed E-state index contributed by atoms with van der Waals surface area (Å²) in [6, 6.07) is 11.4. The van der Waals surface area contributed by atoms with Gasteiger partial charge in [-0.05, 0) is 38.1 Å². The molecule has 2 aromatic carbocycles. The lowest BCUT2D eigenvalue weighted by molar-refractivity contribution is 0.0937. The van der Waals surface area contributed by atoms with E-state index in [0.717, 1.165) is 11.0 Å². The normalized spacial score (nSPS) is 12.3. The summed E-state index contributed by atoms with van der Waals surface area (Å²) in [4.78, 5) is 20.6. The first-order valence-electron chi connectivity index (χ1n) is 8.62. The number of imidazole rings is 1. The fourth-order valence-corrected chi connectivity index (χ4v) is 3.30. The average Bonchev–Trinajstić information content (AvgIpc) is 3.25. The highest BCUT2D eigenvalue weighted by Gasteiger charge is 2.26. The van der Waals surface area contributed by atoms with Crippen LogP contribution in [0.15, 0.2) is 47.0 Å². The molecule has 2 N–H and O–H groups in total. The molecule has 0 fully saturated rings. The van der Waals surface area contributed by atoms with E-state index in [0.29, 0.717) is 5.82 Å². The number of benzene rings is 2. The van der Waals surface area contributed by atoms with Gasteiger partial charge in [0.2, 0.25) is 0 Å². The predicted molar refractivity (Wildman–Crippen MR) is 104 cm³/mol. The lowest BCUT2D eigenvalue weighted by Gasteiger charge is -2.12. The van der Waals surface area contributed by atoms with Gasteiger partial charge in [-0.1, -0.05) is 35.0 Å². The molecule has 1 atom stereocenters. The minimum absolute atomic E-state index is 0.0301. The largest absolute Gasteiger partial charge is 0.360 e. The van der Waals surface area contributed by atoms with Crippen LogP contribution in [0.2, 0.25) is 5.02 Å². The third-order valence-electron chi connectivity index (χ3n) is 4.45. The van der Waals surface area contributed by atoms with Gasteiger partial charge in [0.25, 0.3) is 5.91 Å². The first-order chi connectivity index (χ1) is 13.5. The Labute approximate surface area is 164 Å². The summed E-state index contributed by atoms with van der Waals surface area (Å²) in [7, 11) is 0. The summed E-state index contributed by atoms with van der Waals surface area (Å²) >= 11 is 6.13. The quantitative estimate of drug-likeness (QED) is 0.516. The van der Waals surface area contributed by atoms with Gasteiger partial charge in [-0.3, -0.25) is 4.79 Å². The number of H-pyrrole nitrogens is 1. The minimum Gasteiger partial charge on any atom is -0.360 e. The van der Waals surface area contributed by atoms with Crippen molar-refractivity contribution in [1.82, 2.24) is 20.4 Å². The molecule has 0 aliphatic rings. The Balaban J connectivity index is 1.66. The number of aryl methyl sites for hydroxylation is 1. The van der Waals surface area contributed by atoms with Crippen molar-refractivity contribution in [2.24, 2.45) is 0 Å².